The molecule has 0 aliphatic rings. The van der Waals surface area contributed by atoms with Crippen molar-refractivity contribution in [3.05, 3.63) is 59.7 Å². The van der Waals surface area contributed by atoms with Gasteiger partial charge in [0, 0.05) is 5.69 Å². The van der Waals surface area contributed by atoms with Gasteiger partial charge in [0.2, 0.25) is 10.0 Å². The van der Waals surface area contributed by atoms with Gasteiger partial charge in [-0.1, -0.05) is 18.2 Å². The number of anilines is 2. The van der Waals surface area contributed by atoms with Crippen LogP contribution in [0.5, 0.6) is 0 Å². The molecule has 2 aromatic rings. The van der Waals surface area contributed by atoms with Gasteiger partial charge in [0.05, 0.1) is 23.1 Å². The molecule has 0 unspecified atom stereocenters. The number of benzene rings is 2. The minimum Gasteiger partial charge on any atom is -0.322 e. The van der Waals surface area contributed by atoms with E-state index < -0.39 is 27.7 Å². The molecule has 24 heavy (non-hydrogen) atoms. The van der Waals surface area contributed by atoms with Crippen LogP contribution in [0, 0.1) is 0 Å². The van der Waals surface area contributed by atoms with E-state index in [0.717, 1.165) is 18.4 Å². The average Bonchev–Trinajstić information content (AvgIpc) is 2.45. The molecule has 2 aromatic carbocycles. The van der Waals surface area contributed by atoms with E-state index in [1.54, 1.807) is 0 Å². The molecule has 5 nitrogen and oxygen atoms in total. The molecule has 2 N–H and O–H groups in total. The second-order valence-electron chi connectivity index (χ2n) is 4.95. The standard InChI is InChI=1S/C15H13F3N2O3S/c1-24(22,23)20-13-8-3-2-7-12(13)14(21)19-11-6-4-5-10(9-11)15(16,17)18/h2-9,20H,1H3,(H,19,21). The van der Waals surface area contributed by atoms with E-state index in [4.69, 9.17) is 0 Å². The molecule has 0 saturated carbocycles. The fourth-order valence-corrected chi connectivity index (χ4v) is 2.52. The molecule has 0 saturated heterocycles. The van der Waals surface area contributed by atoms with Crippen molar-refractivity contribution in [1.29, 1.82) is 0 Å². The van der Waals surface area contributed by atoms with E-state index in [2.05, 4.69) is 10.0 Å². The molecular formula is C15H13F3N2O3S. The van der Waals surface area contributed by atoms with Crippen molar-refractivity contribution < 1.29 is 26.4 Å². The molecule has 0 heterocycles. The maximum atomic E-state index is 12.7. The number of hydrogen-bond acceptors (Lipinski definition) is 3. The Balaban J connectivity index is 2.28. The quantitative estimate of drug-likeness (QED) is 0.880. The van der Waals surface area contributed by atoms with Gasteiger partial charge in [-0.2, -0.15) is 13.2 Å². The van der Waals surface area contributed by atoms with E-state index >= 15 is 0 Å². The van der Waals surface area contributed by atoms with Crippen LogP contribution in [-0.2, 0) is 16.2 Å². The van der Waals surface area contributed by atoms with Crippen LogP contribution in [0.15, 0.2) is 48.5 Å². The van der Waals surface area contributed by atoms with Crippen LogP contribution < -0.4 is 10.0 Å². The molecule has 128 valence electrons. The van der Waals surface area contributed by atoms with Gasteiger partial charge in [-0.25, -0.2) is 8.42 Å². The van der Waals surface area contributed by atoms with Gasteiger partial charge in [0.15, 0.2) is 0 Å². The maximum absolute atomic E-state index is 12.7. The summed E-state index contributed by atoms with van der Waals surface area (Å²) in [5.41, 5.74) is -0.934. The van der Waals surface area contributed by atoms with Crippen molar-refractivity contribution in [2.75, 3.05) is 16.3 Å². The highest BCUT2D eigenvalue weighted by atomic mass is 32.2. The Morgan fingerprint density at radius 2 is 1.71 bits per heavy atom. The molecule has 0 aromatic heterocycles. The number of amides is 1. The lowest BCUT2D eigenvalue weighted by molar-refractivity contribution is -0.137. The Labute approximate surface area is 136 Å². The number of hydrogen-bond donors (Lipinski definition) is 2. The predicted octanol–water partition coefficient (Wildman–Crippen LogP) is 3.33. The highest BCUT2D eigenvalue weighted by Gasteiger charge is 2.30. The summed E-state index contributed by atoms with van der Waals surface area (Å²) >= 11 is 0. The fourth-order valence-electron chi connectivity index (χ4n) is 1.94. The van der Waals surface area contributed by atoms with Crippen LogP contribution in [0.2, 0.25) is 0 Å². The van der Waals surface area contributed by atoms with Crippen LogP contribution in [0.3, 0.4) is 0 Å². The van der Waals surface area contributed by atoms with E-state index in [-0.39, 0.29) is 16.9 Å². The molecule has 2 rings (SSSR count). The monoisotopic (exact) mass is 358 g/mol. The number of sulfonamides is 1. The van der Waals surface area contributed by atoms with Crippen LogP contribution in [0.4, 0.5) is 24.5 Å². The van der Waals surface area contributed by atoms with Gasteiger partial charge in [-0.15, -0.1) is 0 Å². The SMILES string of the molecule is CS(=O)(=O)Nc1ccccc1C(=O)Nc1cccc(C(F)(F)F)c1. The van der Waals surface area contributed by atoms with Gasteiger partial charge >= 0.3 is 6.18 Å². The average molecular weight is 358 g/mol. The zero-order chi connectivity index (χ0) is 18.0. The second kappa shape index (κ2) is 6.52. The molecule has 0 bridgehead atoms. The molecule has 0 aliphatic heterocycles. The lowest BCUT2D eigenvalue weighted by atomic mass is 10.1. The van der Waals surface area contributed by atoms with Crippen molar-refractivity contribution in [1.82, 2.24) is 0 Å². The zero-order valence-electron chi connectivity index (χ0n) is 12.4. The third kappa shape index (κ3) is 4.72. The molecule has 0 aliphatic carbocycles. The molecule has 9 heteroatoms. The van der Waals surface area contributed by atoms with E-state index in [0.29, 0.717) is 0 Å². The Morgan fingerprint density at radius 3 is 2.33 bits per heavy atom. The number of para-hydroxylation sites is 1. The van der Waals surface area contributed by atoms with Crippen molar-refractivity contribution in [3.63, 3.8) is 0 Å². The minimum absolute atomic E-state index is 0.0136. The van der Waals surface area contributed by atoms with Gasteiger partial charge in [-0.3, -0.25) is 9.52 Å². The van der Waals surface area contributed by atoms with Crippen molar-refractivity contribution in [3.8, 4) is 0 Å². The first-order valence-electron chi connectivity index (χ1n) is 6.62. The summed E-state index contributed by atoms with van der Waals surface area (Å²) in [5.74, 6) is -0.735. The lowest BCUT2D eigenvalue weighted by Crippen LogP contribution is -2.17. The summed E-state index contributed by atoms with van der Waals surface area (Å²) in [7, 11) is -3.61. The van der Waals surface area contributed by atoms with Crippen LogP contribution in [-0.4, -0.2) is 20.6 Å². The summed E-state index contributed by atoms with van der Waals surface area (Å²) in [4.78, 5) is 12.3. The summed E-state index contributed by atoms with van der Waals surface area (Å²) in [6.45, 7) is 0. The largest absolute Gasteiger partial charge is 0.416 e. The van der Waals surface area contributed by atoms with Crippen LogP contribution in [0.25, 0.3) is 0 Å². The number of carbonyl (C=O) groups excluding carboxylic acids is 1. The first kappa shape index (κ1) is 17.8. The first-order chi connectivity index (χ1) is 11.1. The van der Waals surface area contributed by atoms with Crippen molar-refractivity contribution >= 4 is 27.3 Å². The molecular weight excluding hydrogens is 345 g/mol. The minimum atomic E-state index is -4.53. The molecule has 0 spiro atoms. The third-order valence-corrected chi connectivity index (χ3v) is 3.51. The summed E-state index contributed by atoms with van der Waals surface area (Å²) in [6, 6.07) is 9.92. The summed E-state index contributed by atoms with van der Waals surface area (Å²) < 4.78 is 62.9. The van der Waals surface area contributed by atoms with Crippen LogP contribution in [0.1, 0.15) is 15.9 Å². The van der Waals surface area contributed by atoms with E-state index in [9.17, 15) is 26.4 Å². The van der Waals surface area contributed by atoms with Crippen molar-refractivity contribution in [2.45, 2.75) is 6.18 Å². The van der Waals surface area contributed by atoms with Crippen LogP contribution >= 0.6 is 0 Å². The Hall–Kier alpha value is -2.55. The Morgan fingerprint density at radius 1 is 1.04 bits per heavy atom. The van der Waals surface area contributed by atoms with Gasteiger partial charge in [-0.05, 0) is 30.3 Å². The second-order valence-corrected chi connectivity index (χ2v) is 6.70. The summed E-state index contributed by atoms with van der Waals surface area (Å²) in [6.07, 6.45) is -3.61. The van der Waals surface area contributed by atoms with E-state index in [1.807, 2.05) is 0 Å². The predicted molar refractivity (Wildman–Crippen MR) is 84.3 cm³/mol. The number of nitrogens with one attached hydrogen (secondary N) is 2. The number of rotatable bonds is 4. The van der Waals surface area contributed by atoms with Gasteiger partial charge in [0.25, 0.3) is 5.91 Å². The highest BCUT2D eigenvalue weighted by molar-refractivity contribution is 7.92. The van der Waals surface area contributed by atoms with Crippen molar-refractivity contribution in [2.24, 2.45) is 0 Å². The molecule has 0 fully saturated rings. The number of carbonyl (C=O) groups is 1. The maximum Gasteiger partial charge on any atom is 0.416 e. The highest BCUT2D eigenvalue weighted by Crippen LogP contribution is 2.31. The lowest BCUT2D eigenvalue weighted by Gasteiger charge is -2.12. The Bertz CT molecular complexity index is 864. The third-order valence-electron chi connectivity index (χ3n) is 2.91. The molecule has 0 radical (unpaired) electrons. The smallest absolute Gasteiger partial charge is 0.322 e. The molecule has 1 amide bonds. The topological polar surface area (TPSA) is 75.3 Å². The van der Waals surface area contributed by atoms with Gasteiger partial charge < -0.3 is 5.32 Å². The normalized spacial score (nSPS) is 11.8. The summed E-state index contributed by atoms with van der Waals surface area (Å²) in [5, 5.41) is 2.32. The number of alkyl halides is 3. The number of halogens is 3. The van der Waals surface area contributed by atoms with E-state index in [1.165, 1.54) is 36.4 Å². The van der Waals surface area contributed by atoms with Gasteiger partial charge in [0.1, 0.15) is 0 Å². The zero-order valence-corrected chi connectivity index (χ0v) is 13.2. The molecule has 0 atom stereocenters. The first-order valence-corrected chi connectivity index (χ1v) is 8.51. The fraction of sp³-hybridized carbons (Fsp3) is 0.133. The Kier molecular flexibility index (Phi) is 4.83.